The van der Waals surface area contributed by atoms with Gasteiger partial charge in [0.2, 0.25) is 5.88 Å². The van der Waals surface area contributed by atoms with Crippen LogP contribution in [-0.4, -0.2) is 39.1 Å². The summed E-state index contributed by atoms with van der Waals surface area (Å²) >= 11 is 0. The quantitative estimate of drug-likeness (QED) is 0.612. The molecular formula is C22H24N4O3. The van der Waals surface area contributed by atoms with E-state index in [-0.39, 0.29) is 11.6 Å². The number of aliphatic hydroxyl groups excluding tert-OH is 1. The number of rotatable bonds is 8. The summed E-state index contributed by atoms with van der Waals surface area (Å²) in [5.41, 5.74) is 3.47. The number of amides is 1. The van der Waals surface area contributed by atoms with Crippen LogP contribution in [0.4, 0.5) is 0 Å². The molecular weight excluding hydrogens is 368 g/mol. The molecule has 3 rings (SSSR count). The molecule has 2 aromatic heterocycles. The van der Waals surface area contributed by atoms with E-state index < -0.39 is 6.10 Å². The molecule has 150 valence electrons. The summed E-state index contributed by atoms with van der Waals surface area (Å²) in [5.74, 6) is 0.252. The molecule has 3 aromatic rings. The van der Waals surface area contributed by atoms with Gasteiger partial charge in [-0.25, -0.2) is 9.97 Å². The van der Waals surface area contributed by atoms with Crippen molar-refractivity contribution >= 4 is 5.91 Å². The Kier molecular flexibility index (Phi) is 6.86. The maximum atomic E-state index is 12.4. The van der Waals surface area contributed by atoms with Crippen molar-refractivity contribution in [3.63, 3.8) is 0 Å². The monoisotopic (exact) mass is 392 g/mol. The summed E-state index contributed by atoms with van der Waals surface area (Å²) in [5, 5.41) is 12.5. The Bertz CT molecular complexity index is 958. The molecule has 7 nitrogen and oxygen atoms in total. The number of carbonyl (C=O) groups is 1. The van der Waals surface area contributed by atoms with Crippen LogP contribution in [-0.2, 0) is 6.42 Å². The van der Waals surface area contributed by atoms with Gasteiger partial charge in [0.05, 0.1) is 30.8 Å². The minimum Gasteiger partial charge on any atom is -0.478 e. The molecule has 1 aromatic carbocycles. The fourth-order valence-corrected chi connectivity index (χ4v) is 2.80. The summed E-state index contributed by atoms with van der Waals surface area (Å²) in [6.45, 7) is 4.63. The minimum atomic E-state index is -0.514. The summed E-state index contributed by atoms with van der Waals surface area (Å²) in [7, 11) is 0. The van der Waals surface area contributed by atoms with Gasteiger partial charge in [-0.1, -0.05) is 24.3 Å². The van der Waals surface area contributed by atoms with E-state index in [4.69, 9.17) is 4.74 Å². The lowest BCUT2D eigenvalue weighted by molar-refractivity contribution is 0.0949. The highest BCUT2D eigenvalue weighted by molar-refractivity contribution is 5.92. The summed E-state index contributed by atoms with van der Waals surface area (Å²) in [4.78, 5) is 25.2. The van der Waals surface area contributed by atoms with Crippen LogP contribution in [0.25, 0.3) is 11.3 Å². The molecule has 0 aliphatic heterocycles. The molecule has 0 bridgehead atoms. The van der Waals surface area contributed by atoms with E-state index >= 15 is 0 Å². The van der Waals surface area contributed by atoms with Crippen LogP contribution in [0.3, 0.4) is 0 Å². The zero-order valence-corrected chi connectivity index (χ0v) is 16.5. The first-order valence-corrected chi connectivity index (χ1v) is 9.53. The van der Waals surface area contributed by atoms with Gasteiger partial charge in [-0.2, -0.15) is 0 Å². The molecule has 29 heavy (non-hydrogen) atoms. The maximum absolute atomic E-state index is 12.4. The SMILES string of the molecule is CCOc1ccc(-c2cncc(C(=O)NCCc3cccc(C(C)O)c3)n2)cn1. The Balaban J connectivity index is 1.61. The number of nitrogens with one attached hydrogen (secondary N) is 1. The van der Waals surface area contributed by atoms with Crippen LogP contribution in [0.15, 0.2) is 55.0 Å². The number of hydrogen-bond donors (Lipinski definition) is 2. The normalized spacial score (nSPS) is 11.7. The van der Waals surface area contributed by atoms with E-state index in [2.05, 4.69) is 20.3 Å². The van der Waals surface area contributed by atoms with Crippen LogP contribution in [0, 0.1) is 0 Å². The van der Waals surface area contributed by atoms with Gasteiger partial charge >= 0.3 is 0 Å². The number of ether oxygens (including phenoxy) is 1. The molecule has 2 heterocycles. The molecule has 7 heteroatoms. The molecule has 0 aliphatic rings. The van der Waals surface area contributed by atoms with Gasteiger partial charge in [0.15, 0.2) is 0 Å². The molecule has 0 radical (unpaired) electrons. The standard InChI is InChI=1S/C22H24N4O3/c1-3-29-21-8-7-18(12-25-21)19-13-23-14-20(26-19)22(28)24-10-9-16-5-4-6-17(11-16)15(2)27/h4-8,11-15,27H,3,9-10H2,1-2H3,(H,24,28). The highest BCUT2D eigenvalue weighted by Crippen LogP contribution is 2.18. The van der Waals surface area contributed by atoms with Gasteiger partial charge < -0.3 is 15.2 Å². The summed E-state index contributed by atoms with van der Waals surface area (Å²) < 4.78 is 5.33. The Labute approximate surface area is 169 Å². The molecule has 0 fully saturated rings. The fraction of sp³-hybridized carbons (Fsp3) is 0.273. The van der Waals surface area contributed by atoms with Crippen LogP contribution in [0.2, 0.25) is 0 Å². The number of hydrogen-bond acceptors (Lipinski definition) is 6. The Morgan fingerprint density at radius 3 is 2.79 bits per heavy atom. The highest BCUT2D eigenvalue weighted by atomic mass is 16.5. The van der Waals surface area contributed by atoms with Gasteiger partial charge in [0.1, 0.15) is 5.69 Å². The van der Waals surface area contributed by atoms with Crippen molar-refractivity contribution in [2.24, 2.45) is 0 Å². The molecule has 0 spiro atoms. The lowest BCUT2D eigenvalue weighted by Crippen LogP contribution is -2.26. The van der Waals surface area contributed by atoms with Gasteiger partial charge in [-0.15, -0.1) is 0 Å². The fourth-order valence-electron chi connectivity index (χ4n) is 2.80. The molecule has 0 saturated carbocycles. The van der Waals surface area contributed by atoms with E-state index in [1.165, 1.54) is 6.20 Å². The topological polar surface area (TPSA) is 97.2 Å². The van der Waals surface area contributed by atoms with E-state index in [1.54, 1.807) is 25.4 Å². The Hall–Kier alpha value is -3.32. The van der Waals surface area contributed by atoms with E-state index in [1.807, 2.05) is 37.3 Å². The predicted molar refractivity (Wildman–Crippen MR) is 110 cm³/mol. The maximum Gasteiger partial charge on any atom is 0.271 e. The van der Waals surface area contributed by atoms with Crippen LogP contribution >= 0.6 is 0 Å². The second-order valence-corrected chi connectivity index (χ2v) is 6.53. The molecule has 2 N–H and O–H groups in total. The van der Waals surface area contributed by atoms with Crippen molar-refractivity contribution in [1.29, 1.82) is 0 Å². The molecule has 1 unspecified atom stereocenters. The average Bonchev–Trinajstić information content (AvgIpc) is 2.75. The van der Waals surface area contributed by atoms with Crippen molar-refractivity contribution in [3.05, 3.63) is 71.8 Å². The lowest BCUT2D eigenvalue weighted by atomic mass is 10.1. The Morgan fingerprint density at radius 1 is 1.21 bits per heavy atom. The number of aromatic nitrogens is 3. The predicted octanol–water partition coefficient (Wildman–Crippen LogP) is 2.96. The van der Waals surface area contributed by atoms with Crippen LogP contribution < -0.4 is 10.1 Å². The van der Waals surface area contributed by atoms with Crippen LogP contribution in [0.5, 0.6) is 5.88 Å². The molecule has 0 saturated heterocycles. The van der Waals surface area contributed by atoms with E-state index in [9.17, 15) is 9.90 Å². The number of aliphatic hydroxyl groups is 1. The number of pyridine rings is 1. The first-order chi connectivity index (χ1) is 14.1. The summed E-state index contributed by atoms with van der Waals surface area (Å²) in [6, 6.07) is 11.3. The Morgan fingerprint density at radius 2 is 2.07 bits per heavy atom. The second kappa shape index (κ2) is 9.75. The third-order valence-corrected chi connectivity index (χ3v) is 4.32. The van der Waals surface area contributed by atoms with Crippen molar-refractivity contribution in [1.82, 2.24) is 20.3 Å². The molecule has 1 amide bonds. The van der Waals surface area contributed by atoms with Crippen molar-refractivity contribution < 1.29 is 14.6 Å². The largest absolute Gasteiger partial charge is 0.478 e. The number of carbonyl (C=O) groups excluding carboxylic acids is 1. The van der Waals surface area contributed by atoms with Gasteiger partial charge in [0, 0.05) is 24.4 Å². The van der Waals surface area contributed by atoms with Crippen LogP contribution in [0.1, 0.15) is 41.6 Å². The van der Waals surface area contributed by atoms with Crippen molar-refractivity contribution in [3.8, 4) is 17.1 Å². The van der Waals surface area contributed by atoms with Crippen molar-refractivity contribution in [2.75, 3.05) is 13.2 Å². The smallest absolute Gasteiger partial charge is 0.271 e. The molecule has 1 atom stereocenters. The number of benzene rings is 1. The third-order valence-electron chi connectivity index (χ3n) is 4.32. The molecule has 0 aliphatic carbocycles. The van der Waals surface area contributed by atoms with Gasteiger partial charge in [-0.3, -0.25) is 9.78 Å². The van der Waals surface area contributed by atoms with E-state index in [0.717, 1.165) is 16.7 Å². The van der Waals surface area contributed by atoms with E-state index in [0.29, 0.717) is 31.1 Å². The van der Waals surface area contributed by atoms with Crippen molar-refractivity contribution in [2.45, 2.75) is 26.4 Å². The average molecular weight is 392 g/mol. The zero-order chi connectivity index (χ0) is 20.6. The number of nitrogens with zero attached hydrogens (tertiary/aromatic N) is 3. The minimum absolute atomic E-state index is 0.245. The zero-order valence-electron chi connectivity index (χ0n) is 16.5. The lowest BCUT2D eigenvalue weighted by Gasteiger charge is -2.09. The third kappa shape index (κ3) is 5.58. The van der Waals surface area contributed by atoms with Gasteiger partial charge in [-0.05, 0) is 37.5 Å². The first kappa shape index (κ1) is 20.4. The second-order valence-electron chi connectivity index (χ2n) is 6.53. The van der Waals surface area contributed by atoms with Gasteiger partial charge in [0.25, 0.3) is 5.91 Å². The highest BCUT2D eigenvalue weighted by Gasteiger charge is 2.10. The first-order valence-electron chi connectivity index (χ1n) is 9.53. The summed E-state index contributed by atoms with van der Waals surface area (Å²) in [6.07, 6.45) is 4.82.